The molecule has 0 aromatic heterocycles. The molecule has 3 aromatic rings. The number of benzene rings is 3. The van der Waals surface area contributed by atoms with Crippen LogP contribution in [0.25, 0.3) is 0 Å². The predicted octanol–water partition coefficient (Wildman–Crippen LogP) is 6.53. The lowest BCUT2D eigenvalue weighted by atomic mass is 10.2. The van der Waals surface area contributed by atoms with Crippen LogP contribution in [0, 0.1) is 0 Å². The average Bonchev–Trinajstić information content (AvgIpc) is 2.79. The van der Waals surface area contributed by atoms with Gasteiger partial charge in [0.1, 0.15) is 11.5 Å². The van der Waals surface area contributed by atoms with Gasteiger partial charge in [-0.25, -0.2) is 10.2 Å². The summed E-state index contributed by atoms with van der Waals surface area (Å²) in [5.41, 5.74) is 3.47. The maximum atomic E-state index is 12.6. The lowest BCUT2D eigenvalue weighted by Crippen LogP contribution is -2.18. The van der Waals surface area contributed by atoms with Crippen molar-refractivity contribution in [3.8, 4) is 11.5 Å². The standard InChI is InChI=1S/C24H19BrCl2N2O4/c1-2-11-32-19-7-3-15(4-8-19)24(31)33-22-10-5-17(25)12-16(22)14-28-29-23(30)20-9-6-18(26)13-21(20)27/h3-10,12-14H,2,11H2,1H3,(H,29,30). The summed E-state index contributed by atoms with van der Waals surface area (Å²) in [7, 11) is 0. The molecule has 0 saturated heterocycles. The SMILES string of the molecule is CCCOc1ccc(C(=O)Oc2ccc(Br)cc2C=NNC(=O)c2ccc(Cl)cc2Cl)cc1. The minimum atomic E-state index is -0.536. The van der Waals surface area contributed by atoms with Gasteiger partial charge in [0.25, 0.3) is 5.91 Å². The molecule has 0 radical (unpaired) electrons. The van der Waals surface area contributed by atoms with Gasteiger partial charge in [-0.3, -0.25) is 4.79 Å². The van der Waals surface area contributed by atoms with E-state index in [2.05, 4.69) is 26.5 Å². The minimum absolute atomic E-state index is 0.207. The summed E-state index contributed by atoms with van der Waals surface area (Å²) in [6, 6.07) is 16.3. The normalized spacial score (nSPS) is 10.8. The Hall–Kier alpha value is -2.87. The first kappa shape index (κ1) is 24.8. The van der Waals surface area contributed by atoms with Gasteiger partial charge in [0.15, 0.2) is 0 Å². The number of amides is 1. The molecule has 0 atom stereocenters. The van der Waals surface area contributed by atoms with E-state index in [1.807, 2.05) is 6.92 Å². The zero-order valence-corrected chi connectivity index (χ0v) is 20.6. The number of carbonyl (C=O) groups is 2. The second kappa shape index (κ2) is 11.8. The highest BCUT2D eigenvalue weighted by molar-refractivity contribution is 9.10. The second-order valence-electron chi connectivity index (χ2n) is 6.77. The molecule has 0 aliphatic rings. The van der Waals surface area contributed by atoms with E-state index >= 15 is 0 Å². The van der Waals surface area contributed by atoms with Crippen LogP contribution in [0.3, 0.4) is 0 Å². The molecule has 0 aliphatic heterocycles. The van der Waals surface area contributed by atoms with E-state index in [4.69, 9.17) is 32.7 Å². The first-order chi connectivity index (χ1) is 15.9. The number of hydrogen-bond donors (Lipinski definition) is 1. The highest BCUT2D eigenvalue weighted by Gasteiger charge is 2.13. The number of hydrazone groups is 1. The van der Waals surface area contributed by atoms with Gasteiger partial charge in [0.05, 0.1) is 29.0 Å². The summed E-state index contributed by atoms with van der Waals surface area (Å²) < 4.78 is 11.8. The largest absolute Gasteiger partial charge is 0.494 e. The molecule has 0 saturated carbocycles. The van der Waals surface area contributed by atoms with E-state index in [1.165, 1.54) is 18.3 Å². The Morgan fingerprint density at radius 3 is 2.52 bits per heavy atom. The molecule has 1 amide bonds. The molecule has 170 valence electrons. The molecule has 0 spiro atoms. The van der Waals surface area contributed by atoms with Gasteiger partial charge < -0.3 is 9.47 Å². The summed E-state index contributed by atoms with van der Waals surface area (Å²) in [5, 5.41) is 4.59. The van der Waals surface area contributed by atoms with E-state index in [1.54, 1.807) is 48.5 Å². The van der Waals surface area contributed by atoms with Crippen LogP contribution in [0.5, 0.6) is 11.5 Å². The van der Waals surface area contributed by atoms with Crippen molar-refractivity contribution < 1.29 is 19.1 Å². The number of hydrogen-bond acceptors (Lipinski definition) is 5. The third-order valence-electron chi connectivity index (χ3n) is 4.28. The summed E-state index contributed by atoms with van der Waals surface area (Å²) >= 11 is 15.3. The van der Waals surface area contributed by atoms with Crippen LogP contribution in [0.15, 0.2) is 70.2 Å². The molecule has 33 heavy (non-hydrogen) atoms. The lowest BCUT2D eigenvalue weighted by molar-refractivity contribution is 0.0734. The highest BCUT2D eigenvalue weighted by Crippen LogP contribution is 2.24. The summed E-state index contributed by atoms with van der Waals surface area (Å²) in [4.78, 5) is 24.9. The Balaban J connectivity index is 1.70. The van der Waals surface area contributed by atoms with Crippen molar-refractivity contribution in [2.75, 3.05) is 6.61 Å². The number of halogens is 3. The number of nitrogens with one attached hydrogen (secondary N) is 1. The quantitative estimate of drug-likeness (QED) is 0.150. The van der Waals surface area contributed by atoms with Gasteiger partial charge in [0, 0.05) is 15.1 Å². The Morgan fingerprint density at radius 1 is 1.06 bits per heavy atom. The number of carbonyl (C=O) groups excluding carboxylic acids is 2. The van der Waals surface area contributed by atoms with Crippen molar-refractivity contribution in [3.05, 3.63) is 91.9 Å². The van der Waals surface area contributed by atoms with Gasteiger partial charge >= 0.3 is 5.97 Å². The van der Waals surface area contributed by atoms with Crippen LogP contribution in [0.4, 0.5) is 0 Å². The molecule has 0 fully saturated rings. The maximum Gasteiger partial charge on any atom is 0.343 e. The van der Waals surface area contributed by atoms with E-state index in [9.17, 15) is 9.59 Å². The Bertz CT molecular complexity index is 1180. The minimum Gasteiger partial charge on any atom is -0.494 e. The Kier molecular flexibility index (Phi) is 8.88. The third kappa shape index (κ3) is 7.05. The summed E-state index contributed by atoms with van der Waals surface area (Å²) in [6.45, 7) is 2.62. The van der Waals surface area contributed by atoms with Crippen LogP contribution in [-0.4, -0.2) is 24.7 Å². The number of nitrogens with zero attached hydrogens (tertiary/aromatic N) is 1. The zero-order chi connectivity index (χ0) is 23.8. The van der Waals surface area contributed by atoms with Crippen molar-refractivity contribution >= 4 is 57.2 Å². The smallest absolute Gasteiger partial charge is 0.343 e. The third-order valence-corrected chi connectivity index (χ3v) is 5.32. The number of rotatable bonds is 8. The van der Waals surface area contributed by atoms with Crippen molar-refractivity contribution in [2.24, 2.45) is 5.10 Å². The molecule has 6 nitrogen and oxygen atoms in total. The fourth-order valence-electron chi connectivity index (χ4n) is 2.67. The van der Waals surface area contributed by atoms with E-state index in [0.717, 1.165) is 10.9 Å². The molecule has 9 heteroatoms. The Labute approximate surface area is 209 Å². The summed E-state index contributed by atoms with van der Waals surface area (Å²) in [6.07, 6.45) is 2.27. The fourth-order valence-corrected chi connectivity index (χ4v) is 3.55. The summed E-state index contributed by atoms with van der Waals surface area (Å²) in [5.74, 6) is -0.0868. The maximum absolute atomic E-state index is 12.6. The molecule has 0 aliphatic carbocycles. The number of esters is 1. The molecule has 3 aromatic carbocycles. The molecular weight excluding hydrogens is 531 g/mol. The molecule has 3 rings (SSSR count). The predicted molar refractivity (Wildman–Crippen MR) is 133 cm³/mol. The van der Waals surface area contributed by atoms with Gasteiger partial charge in [0.2, 0.25) is 0 Å². The van der Waals surface area contributed by atoms with Crippen molar-refractivity contribution in [3.63, 3.8) is 0 Å². The molecule has 0 bridgehead atoms. The topological polar surface area (TPSA) is 77.0 Å². The fraction of sp³-hybridized carbons (Fsp3) is 0.125. The van der Waals surface area contributed by atoms with Crippen LogP contribution in [-0.2, 0) is 0 Å². The first-order valence-corrected chi connectivity index (χ1v) is 11.5. The van der Waals surface area contributed by atoms with Crippen LogP contribution >= 0.6 is 39.1 Å². The monoisotopic (exact) mass is 548 g/mol. The highest BCUT2D eigenvalue weighted by atomic mass is 79.9. The molecule has 0 unspecified atom stereocenters. The van der Waals surface area contributed by atoms with Gasteiger partial charge in [-0.05, 0) is 67.1 Å². The van der Waals surface area contributed by atoms with Crippen LogP contribution < -0.4 is 14.9 Å². The zero-order valence-electron chi connectivity index (χ0n) is 17.5. The van der Waals surface area contributed by atoms with Gasteiger partial charge in [-0.1, -0.05) is 46.1 Å². The van der Waals surface area contributed by atoms with Gasteiger partial charge in [-0.2, -0.15) is 5.10 Å². The second-order valence-corrected chi connectivity index (χ2v) is 8.53. The van der Waals surface area contributed by atoms with Crippen LogP contribution in [0.2, 0.25) is 10.0 Å². The molecule has 1 N–H and O–H groups in total. The average molecular weight is 550 g/mol. The molecule has 0 heterocycles. The van der Waals surface area contributed by atoms with Crippen molar-refractivity contribution in [1.29, 1.82) is 0 Å². The molecular formula is C24H19BrCl2N2O4. The van der Waals surface area contributed by atoms with Gasteiger partial charge in [-0.15, -0.1) is 0 Å². The number of ether oxygens (including phenoxy) is 2. The van der Waals surface area contributed by atoms with E-state index < -0.39 is 11.9 Å². The van der Waals surface area contributed by atoms with Crippen LogP contribution in [0.1, 0.15) is 39.6 Å². The van der Waals surface area contributed by atoms with Crippen molar-refractivity contribution in [1.82, 2.24) is 5.43 Å². The van der Waals surface area contributed by atoms with E-state index in [0.29, 0.717) is 28.5 Å². The van der Waals surface area contributed by atoms with Crippen molar-refractivity contribution in [2.45, 2.75) is 13.3 Å². The Morgan fingerprint density at radius 2 is 1.82 bits per heavy atom. The van der Waals surface area contributed by atoms with E-state index in [-0.39, 0.29) is 16.3 Å². The first-order valence-electron chi connectivity index (χ1n) is 9.90. The lowest BCUT2D eigenvalue weighted by Gasteiger charge is -2.09.